The molecule has 2 heterocycles. The van der Waals surface area contributed by atoms with Crippen LogP contribution in [0.4, 0.5) is 0 Å². The summed E-state index contributed by atoms with van der Waals surface area (Å²) in [5, 5.41) is 0. The molecule has 4 atom stereocenters. The average molecular weight is 818 g/mol. The smallest absolute Gasteiger partial charge is 0.340 e. The molecule has 1 aliphatic heterocycles. The van der Waals surface area contributed by atoms with Gasteiger partial charge in [-0.2, -0.15) is 4.57 Å². The fourth-order valence-corrected chi connectivity index (χ4v) is 5.82. The van der Waals surface area contributed by atoms with Crippen molar-refractivity contribution >= 4 is 55.7 Å². The van der Waals surface area contributed by atoms with E-state index in [2.05, 4.69) is 31.9 Å². The molecule has 0 bridgehead atoms. The van der Waals surface area contributed by atoms with E-state index in [1.807, 2.05) is 0 Å². The molecule has 12 nitrogen and oxygen atoms in total. The number of halogens is 2. The van der Waals surface area contributed by atoms with Crippen LogP contribution in [0.1, 0.15) is 47.7 Å². The SMILES string of the molecule is O=C(OC[C@H]1O[C@H](n2ccc(=O)n(C(=O)c3ccc(Br)cc3)c2=O)[C@H](OC(=O)c2ccccc2)[C@@H]1OC(=O)c1ccccc1)c1ccc(Br)cc1. The number of rotatable bonds is 9. The minimum Gasteiger partial charge on any atom is -0.459 e. The molecule has 1 saturated heterocycles. The third kappa shape index (κ3) is 7.98. The minimum atomic E-state index is -1.57. The molecule has 1 aromatic heterocycles. The molecule has 1 fully saturated rings. The van der Waals surface area contributed by atoms with E-state index in [-0.39, 0.29) is 22.3 Å². The van der Waals surface area contributed by atoms with Gasteiger partial charge in [-0.1, -0.05) is 68.3 Å². The molecule has 4 aromatic carbocycles. The van der Waals surface area contributed by atoms with Crippen molar-refractivity contribution in [3.63, 3.8) is 0 Å². The van der Waals surface area contributed by atoms with Crippen LogP contribution in [0.15, 0.2) is 140 Å². The van der Waals surface area contributed by atoms with Crippen LogP contribution in [0.5, 0.6) is 0 Å². The fraction of sp³-hybridized carbons (Fsp3) is 0.135. The summed E-state index contributed by atoms with van der Waals surface area (Å²) in [5.41, 5.74) is -1.49. The fourth-order valence-electron chi connectivity index (χ4n) is 5.29. The van der Waals surface area contributed by atoms with Gasteiger partial charge in [0.1, 0.15) is 12.7 Å². The first-order valence-corrected chi connectivity index (χ1v) is 16.9. The van der Waals surface area contributed by atoms with E-state index >= 15 is 0 Å². The highest BCUT2D eigenvalue weighted by Crippen LogP contribution is 2.35. The monoisotopic (exact) mass is 816 g/mol. The summed E-state index contributed by atoms with van der Waals surface area (Å²) in [5.74, 6) is -3.33. The lowest BCUT2D eigenvalue weighted by atomic mass is 10.1. The van der Waals surface area contributed by atoms with Gasteiger partial charge in [0.25, 0.3) is 11.5 Å². The first-order valence-electron chi connectivity index (χ1n) is 15.4. The molecule has 0 saturated carbocycles. The molecule has 0 amide bonds. The Balaban J connectivity index is 1.41. The summed E-state index contributed by atoms with van der Waals surface area (Å²) in [4.78, 5) is 80.3. The molecule has 0 N–H and O–H groups in total. The third-order valence-electron chi connectivity index (χ3n) is 7.83. The summed E-state index contributed by atoms with van der Waals surface area (Å²) >= 11 is 6.60. The molecule has 0 radical (unpaired) electrons. The van der Waals surface area contributed by atoms with E-state index < -0.39 is 66.2 Å². The van der Waals surface area contributed by atoms with Gasteiger partial charge in [-0.25, -0.2) is 19.2 Å². The Hall–Kier alpha value is -5.44. The van der Waals surface area contributed by atoms with Crippen molar-refractivity contribution in [3.8, 4) is 0 Å². The normalized spacial score (nSPS) is 18.1. The summed E-state index contributed by atoms with van der Waals surface area (Å²) < 4.78 is 26.3. The first kappa shape index (κ1) is 35.4. The van der Waals surface area contributed by atoms with E-state index in [1.165, 1.54) is 48.5 Å². The standard InChI is InChI=1S/C37H26Br2N2O10/c38-26-15-11-22(12-16-26)32(43)41-29(42)19-20-40(37(41)47)33-31(51-36(46)24-9-5-2-6-10-24)30(50-35(45)23-7-3-1-4-8-23)28(49-33)21-48-34(44)25-13-17-27(39)18-14-25/h1-20,28,30-31,33H,21H2/t28-,30-,31-,33+/m1/s1. The lowest BCUT2D eigenvalue weighted by molar-refractivity contribution is -0.0643. The number of carbonyl (C=O) groups excluding carboxylic acids is 4. The van der Waals surface area contributed by atoms with Crippen LogP contribution >= 0.6 is 31.9 Å². The molecule has 51 heavy (non-hydrogen) atoms. The van der Waals surface area contributed by atoms with Crippen LogP contribution in [0, 0.1) is 0 Å². The molecule has 1 aliphatic rings. The number of benzene rings is 4. The zero-order valence-corrected chi connectivity index (χ0v) is 29.5. The molecule has 5 aromatic rings. The molecular formula is C37H26Br2N2O10. The van der Waals surface area contributed by atoms with E-state index in [9.17, 15) is 28.8 Å². The molecule has 0 spiro atoms. The minimum absolute atomic E-state index is 0.0435. The highest BCUT2D eigenvalue weighted by atomic mass is 79.9. The number of hydrogen-bond donors (Lipinski definition) is 0. The predicted octanol–water partition coefficient (Wildman–Crippen LogP) is 5.43. The van der Waals surface area contributed by atoms with Crippen LogP contribution in [0.2, 0.25) is 0 Å². The highest BCUT2D eigenvalue weighted by molar-refractivity contribution is 9.10. The molecule has 0 aliphatic carbocycles. The summed E-state index contributed by atoms with van der Waals surface area (Å²) in [7, 11) is 0. The quantitative estimate of drug-likeness (QED) is 0.139. The molecule has 0 unspecified atom stereocenters. The average Bonchev–Trinajstić information content (AvgIpc) is 3.47. The van der Waals surface area contributed by atoms with Crippen molar-refractivity contribution in [2.24, 2.45) is 0 Å². The third-order valence-corrected chi connectivity index (χ3v) is 8.89. The second kappa shape index (κ2) is 15.6. The topological polar surface area (TPSA) is 149 Å². The molecular weight excluding hydrogens is 792 g/mol. The maximum absolute atomic E-state index is 14.0. The van der Waals surface area contributed by atoms with Crippen molar-refractivity contribution < 1.29 is 38.1 Å². The molecule has 258 valence electrons. The van der Waals surface area contributed by atoms with Crippen molar-refractivity contribution in [3.05, 3.63) is 173 Å². The van der Waals surface area contributed by atoms with Crippen LogP contribution in [0.25, 0.3) is 0 Å². The van der Waals surface area contributed by atoms with Crippen LogP contribution in [-0.2, 0) is 18.9 Å². The van der Waals surface area contributed by atoms with Gasteiger partial charge in [0, 0.05) is 26.8 Å². The van der Waals surface area contributed by atoms with E-state index in [1.54, 1.807) is 60.7 Å². The van der Waals surface area contributed by atoms with E-state index in [0.29, 0.717) is 9.04 Å². The summed E-state index contributed by atoms with van der Waals surface area (Å²) in [6.07, 6.45) is -4.79. The van der Waals surface area contributed by atoms with Crippen molar-refractivity contribution in [1.82, 2.24) is 9.13 Å². The Morgan fingerprint density at radius 1 is 0.608 bits per heavy atom. The van der Waals surface area contributed by atoms with Gasteiger partial charge < -0.3 is 18.9 Å². The molecule has 14 heteroatoms. The van der Waals surface area contributed by atoms with Gasteiger partial charge in [0.15, 0.2) is 18.4 Å². The summed E-state index contributed by atoms with van der Waals surface area (Å²) in [6.45, 7) is -0.510. The second-order valence-electron chi connectivity index (χ2n) is 11.1. The van der Waals surface area contributed by atoms with Gasteiger partial charge in [0.2, 0.25) is 0 Å². The number of aromatic nitrogens is 2. The lowest BCUT2D eigenvalue weighted by Gasteiger charge is -2.25. The van der Waals surface area contributed by atoms with Gasteiger partial charge in [-0.15, -0.1) is 0 Å². The Morgan fingerprint density at radius 2 is 1.10 bits per heavy atom. The Morgan fingerprint density at radius 3 is 1.65 bits per heavy atom. The predicted molar refractivity (Wildman–Crippen MR) is 188 cm³/mol. The Kier molecular flexibility index (Phi) is 10.8. The number of esters is 3. The van der Waals surface area contributed by atoms with Crippen molar-refractivity contribution in [2.45, 2.75) is 24.5 Å². The Bertz CT molecular complexity index is 2190. The zero-order chi connectivity index (χ0) is 36.1. The van der Waals surface area contributed by atoms with Gasteiger partial charge in [-0.05, 0) is 72.8 Å². The molecule has 6 rings (SSSR count). The maximum atomic E-state index is 14.0. The van der Waals surface area contributed by atoms with Crippen LogP contribution in [0.3, 0.4) is 0 Å². The number of hydrogen-bond acceptors (Lipinski definition) is 10. The number of carbonyl (C=O) groups is 4. The van der Waals surface area contributed by atoms with Gasteiger partial charge in [0.05, 0.1) is 16.7 Å². The Labute approximate surface area is 306 Å². The van der Waals surface area contributed by atoms with Gasteiger partial charge >= 0.3 is 23.6 Å². The summed E-state index contributed by atoms with van der Waals surface area (Å²) in [6, 6.07) is 29.3. The second-order valence-corrected chi connectivity index (χ2v) is 13.0. The van der Waals surface area contributed by atoms with Crippen molar-refractivity contribution in [2.75, 3.05) is 6.61 Å². The van der Waals surface area contributed by atoms with E-state index in [4.69, 9.17) is 18.9 Å². The number of nitrogens with zero attached hydrogens (tertiary/aromatic N) is 2. The van der Waals surface area contributed by atoms with Crippen LogP contribution in [-0.4, -0.2) is 57.9 Å². The first-order chi connectivity index (χ1) is 24.6. The zero-order valence-electron chi connectivity index (χ0n) is 26.3. The van der Waals surface area contributed by atoms with Gasteiger partial charge in [-0.3, -0.25) is 14.2 Å². The van der Waals surface area contributed by atoms with Crippen molar-refractivity contribution in [1.29, 1.82) is 0 Å². The number of ether oxygens (including phenoxy) is 4. The maximum Gasteiger partial charge on any atom is 0.340 e. The largest absolute Gasteiger partial charge is 0.459 e. The highest BCUT2D eigenvalue weighted by Gasteiger charge is 2.52. The lowest BCUT2D eigenvalue weighted by Crippen LogP contribution is -2.47. The van der Waals surface area contributed by atoms with Crippen LogP contribution < -0.4 is 11.2 Å². The van der Waals surface area contributed by atoms with E-state index in [0.717, 1.165) is 21.3 Å².